The van der Waals surface area contributed by atoms with Gasteiger partial charge in [0.15, 0.2) is 14.1 Å². The molecule has 0 aromatic heterocycles. The fourth-order valence-corrected chi connectivity index (χ4v) is 5.37. The van der Waals surface area contributed by atoms with E-state index in [1.807, 2.05) is 6.92 Å². The van der Waals surface area contributed by atoms with Gasteiger partial charge >= 0.3 is 0 Å². The molecule has 0 unspecified atom stereocenters. The lowest BCUT2D eigenvalue weighted by Gasteiger charge is -2.44. The summed E-state index contributed by atoms with van der Waals surface area (Å²) in [5, 5.41) is 0.162. The van der Waals surface area contributed by atoms with Crippen molar-refractivity contribution >= 4 is 16.4 Å². The molecule has 5 nitrogen and oxygen atoms in total. The van der Waals surface area contributed by atoms with E-state index >= 15 is 0 Å². The molecule has 0 spiro atoms. The summed E-state index contributed by atoms with van der Waals surface area (Å²) in [5.74, 6) is -0.748. The van der Waals surface area contributed by atoms with Crippen molar-refractivity contribution < 1.29 is 23.4 Å². The molecule has 2 aliphatic rings. The van der Waals surface area contributed by atoms with Gasteiger partial charge in [-0.05, 0) is 44.9 Å². The molecule has 0 N–H and O–H groups in total. The normalized spacial score (nSPS) is 32.9. The highest BCUT2D eigenvalue weighted by molar-refractivity contribution is 6.76. The molecule has 2 saturated heterocycles. The van der Waals surface area contributed by atoms with Crippen LogP contribution < -0.4 is 0 Å². The summed E-state index contributed by atoms with van der Waals surface area (Å²) >= 11 is 0. The van der Waals surface area contributed by atoms with Gasteiger partial charge in [0.2, 0.25) is 0 Å². The van der Waals surface area contributed by atoms with E-state index in [4.69, 9.17) is 23.4 Å². The molecule has 28 heavy (non-hydrogen) atoms. The maximum absolute atomic E-state index is 6.56. The molecule has 3 atom stereocenters. The van der Waals surface area contributed by atoms with E-state index in [0.29, 0.717) is 6.61 Å². The second-order valence-corrected chi connectivity index (χ2v) is 22.4. The van der Waals surface area contributed by atoms with Crippen LogP contribution in [0, 0.1) is 0 Å². The summed E-state index contributed by atoms with van der Waals surface area (Å²) in [6, 6.07) is 1.14. The number of fused-ring (bicyclic) bond motifs is 2. The molecule has 2 bridgehead atoms. The third-order valence-electron chi connectivity index (χ3n) is 6.87. The van der Waals surface area contributed by atoms with Gasteiger partial charge in [-0.3, -0.25) is 0 Å². The van der Waals surface area contributed by atoms with Crippen LogP contribution in [0.4, 0.5) is 0 Å². The molecule has 0 amide bonds. The Bertz CT molecular complexity index is 552. The minimum absolute atomic E-state index is 0.143. The van der Waals surface area contributed by atoms with Crippen molar-refractivity contribution in [1.29, 1.82) is 0 Å². The second kappa shape index (κ2) is 7.73. The van der Waals surface area contributed by atoms with Crippen molar-refractivity contribution in [3.63, 3.8) is 0 Å². The lowest BCUT2D eigenvalue weighted by molar-refractivity contribution is -0.242. The van der Waals surface area contributed by atoms with Gasteiger partial charge in [-0.1, -0.05) is 40.4 Å². The lowest BCUT2D eigenvalue weighted by atomic mass is 9.81. The minimum Gasteiger partial charge on any atom is -0.414 e. The highest BCUT2D eigenvalue weighted by Crippen LogP contribution is 2.56. The van der Waals surface area contributed by atoms with Crippen LogP contribution in [0.25, 0.3) is 0 Å². The van der Waals surface area contributed by atoms with Crippen LogP contribution in [0.1, 0.15) is 48.0 Å². The lowest BCUT2D eigenvalue weighted by Crippen LogP contribution is -2.57. The smallest absolute Gasteiger partial charge is 0.193 e. The number of ether oxygens (including phenoxy) is 4. The molecule has 2 heterocycles. The van der Waals surface area contributed by atoms with Crippen molar-refractivity contribution in [1.82, 2.24) is 0 Å². The zero-order valence-corrected chi connectivity index (χ0v) is 22.2. The summed E-state index contributed by atoms with van der Waals surface area (Å²) in [7, 11) is -2.96. The van der Waals surface area contributed by atoms with E-state index in [-0.39, 0.29) is 17.9 Å². The van der Waals surface area contributed by atoms with Crippen LogP contribution in [0.2, 0.25) is 43.8 Å². The Kier molecular flexibility index (Phi) is 6.77. The third-order valence-corrected chi connectivity index (χ3v) is 13.1. The van der Waals surface area contributed by atoms with Crippen LogP contribution in [0.15, 0.2) is 0 Å². The number of hydrogen-bond donors (Lipinski definition) is 0. The monoisotopic (exact) mass is 432 g/mol. The number of hydrogen-bond acceptors (Lipinski definition) is 5. The van der Waals surface area contributed by atoms with Crippen molar-refractivity contribution in [2.45, 2.75) is 115 Å². The first kappa shape index (κ1) is 24.5. The van der Waals surface area contributed by atoms with Crippen molar-refractivity contribution in [2.24, 2.45) is 0 Å². The Hall–Kier alpha value is 0.234. The largest absolute Gasteiger partial charge is 0.414 e. The Balaban J connectivity index is 1.98. The molecular formula is C21H44O5Si2. The Morgan fingerprint density at radius 1 is 1.00 bits per heavy atom. The standard InChI is InChI=1S/C21H44O5Si2/c1-18(2,3)28(10,11)24-15-21-14-17(20(6,26-21)25-19(21,4)5)23-16-22-12-13-27(7,8)9/h17H,12-16H2,1-11H3/t17-,20-,21-/m0/s1. The van der Waals surface area contributed by atoms with E-state index in [0.717, 1.165) is 19.1 Å². The molecule has 166 valence electrons. The van der Waals surface area contributed by atoms with Gasteiger partial charge in [0.05, 0.1) is 12.2 Å². The minimum atomic E-state index is -1.88. The maximum atomic E-state index is 6.56. The molecule has 2 aliphatic heterocycles. The zero-order valence-electron chi connectivity index (χ0n) is 20.2. The summed E-state index contributed by atoms with van der Waals surface area (Å²) in [6.07, 6.45) is 0.623. The zero-order chi connectivity index (χ0) is 21.6. The summed E-state index contributed by atoms with van der Waals surface area (Å²) in [6.45, 7) is 26.2. The molecular weight excluding hydrogens is 388 g/mol. The Morgan fingerprint density at radius 2 is 1.61 bits per heavy atom. The van der Waals surface area contributed by atoms with E-state index in [9.17, 15) is 0 Å². The summed E-state index contributed by atoms with van der Waals surface area (Å²) in [5.41, 5.74) is -0.900. The van der Waals surface area contributed by atoms with Crippen molar-refractivity contribution in [3.05, 3.63) is 0 Å². The average Bonchev–Trinajstić information content (AvgIpc) is 2.86. The highest BCUT2D eigenvalue weighted by Gasteiger charge is 2.70. The summed E-state index contributed by atoms with van der Waals surface area (Å²) < 4.78 is 31.2. The predicted molar refractivity (Wildman–Crippen MR) is 119 cm³/mol. The second-order valence-electron chi connectivity index (χ2n) is 12.0. The third kappa shape index (κ3) is 5.10. The first-order chi connectivity index (χ1) is 12.4. The van der Waals surface area contributed by atoms with Gasteiger partial charge in [-0.25, -0.2) is 0 Å². The van der Waals surface area contributed by atoms with E-state index < -0.39 is 33.4 Å². The first-order valence-electron chi connectivity index (χ1n) is 10.7. The molecule has 0 aromatic rings. The van der Waals surface area contributed by atoms with Gasteiger partial charge in [0.1, 0.15) is 18.5 Å². The average molecular weight is 433 g/mol. The van der Waals surface area contributed by atoms with Crippen molar-refractivity contribution in [2.75, 3.05) is 20.0 Å². The van der Waals surface area contributed by atoms with Crippen LogP contribution in [0.5, 0.6) is 0 Å². The quantitative estimate of drug-likeness (QED) is 0.278. The van der Waals surface area contributed by atoms with Crippen LogP contribution >= 0.6 is 0 Å². The first-order valence-corrected chi connectivity index (χ1v) is 17.3. The Labute approximate surface area is 174 Å². The van der Waals surface area contributed by atoms with Crippen LogP contribution in [0.3, 0.4) is 0 Å². The Morgan fingerprint density at radius 3 is 2.14 bits per heavy atom. The van der Waals surface area contributed by atoms with Crippen molar-refractivity contribution in [3.8, 4) is 0 Å². The topological polar surface area (TPSA) is 46.2 Å². The maximum Gasteiger partial charge on any atom is 0.193 e. The van der Waals surface area contributed by atoms with E-state index in [1.165, 1.54) is 0 Å². The van der Waals surface area contributed by atoms with E-state index in [1.54, 1.807) is 0 Å². The SMILES string of the molecule is CC1(C)O[C@@]2(C)O[C@]1(CO[Si](C)(C)C(C)(C)C)C[C@@H]2OCOCC[Si](C)(C)C. The van der Waals surface area contributed by atoms with Gasteiger partial charge in [-0.2, -0.15) is 0 Å². The summed E-state index contributed by atoms with van der Waals surface area (Å²) in [4.78, 5) is 0. The predicted octanol–water partition coefficient (Wildman–Crippen LogP) is 5.39. The van der Waals surface area contributed by atoms with Gasteiger partial charge in [-0.15, -0.1) is 0 Å². The molecule has 0 aliphatic carbocycles. The van der Waals surface area contributed by atoms with Gasteiger partial charge in [0, 0.05) is 21.1 Å². The molecule has 2 rings (SSSR count). The number of rotatable bonds is 9. The molecule has 2 fully saturated rings. The fraction of sp³-hybridized carbons (Fsp3) is 1.00. The fourth-order valence-electron chi connectivity index (χ4n) is 3.59. The van der Waals surface area contributed by atoms with Crippen LogP contribution in [-0.2, 0) is 23.4 Å². The molecule has 0 aromatic carbocycles. The van der Waals surface area contributed by atoms with Gasteiger partial charge in [0.25, 0.3) is 0 Å². The molecule has 0 saturated carbocycles. The highest BCUT2D eigenvalue weighted by atomic mass is 28.4. The van der Waals surface area contributed by atoms with Gasteiger partial charge < -0.3 is 23.4 Å². The van der Waals surface area contributed by atoms with E-state index in [2.05, 4.69) is 67.4 Å². The molecule has 7 heteroatoms. The van der Waals surface area contributed by atoms with Crippen LogP contribution in [-0.4, -0.2) is 59.5 Å². The molecule has 0 radical (unpaired) electrons.